The molecule has 0 atom stereocenters. The number of hydrogen-bond donors (Lipinski definition) is 0. The number of benzene rings is 4. The van der Waals surface area contributed by atoms with Crippen LogP contribution in [0.4, 0.5) is 0 Å². The molecule has 0 amide bonds. The van der Waals surface area contributed by atoms with Crippen LogP contribution in [0.5, 0.6) is 11.5 Å². The van der Waals surface area contributed by atoms with Gasteiger partial charge in [0.2, 0.25) is 0 Å². The summed E-state index contributed by atoms with van der Waals surface area (Å²) in [6.07, 6.45) is 0. The highest BCUT2D eigenvalue weighted by molar-refractivity contribution is 7.99. The van der Waals surface area contributed by atoms with Gasteiger partial charge in [0.25, 0.3) is 0 Å². The van der Waals surface area contributed by atoms with Crippen molar-refractivity contribution in [3.63, 3.8) is 0 Å². The molecule has 5 heteroatoms. The van der Waals surface area contributed by atoms with Crippen LogP contribution in [0.2, 0.25) is 0 Å². The lowest BCUT2D eigenvalue weighted by Gasteiger charge is -2.09. The molecule has 164 valence electrons. The van der Waals surface area contributed by atoms with Gasteiger partial charge in [-0.15, -0.1) is 0 Å². The molecule has 33 heavy (non-hydrogen) atoms. The van der Waals surface area contributed by atoms with Gasteiger partial charge in [-0.3, -0.25) is 0 Å². The maximum absolute atomic E-state index is 5.83. The second kappa shape index (κ2) is 10.8. The molecule has 0 aliphatic heterocycles. The third-order valence-corrected chi connectivity index (χ3v) is 6.53. The van der Waals surface area contributed by atoms with Crippen molar-refractivity contribution in [3.05, 3.63) is 119 Å². The highest BCUT2D eigenvalue weighted by atomic mass is 32.2. The molecule has 0 saturated carbocycles. The molecule has 0 radical (unpaired) electrons. The molecule has 4 rings (SSSR count). The molecule has 0 aromatic heterocycles. The van der Waals surface area contributed by atoms with E-state index in [4.69, 9.17) is 33.9 Å². The Morgan fingerprint density at radius 1 is 0.515 bits per heavy atom. The Hall–Kier alpha value is -2.99. The van der Waals surface area contributed by atoms with Crippen molar-refractivity contribution in [1.82, 2.24) is 0 Å². The molecular formula is C28H22O2S3. The van der Waals surface area contributed by atoms with Crippen LogP contribution in [0.15, 0.2) is 107 Å². The standard InChI is InChI=1S/C28H22O2S3/c1-19-3-7-21(8-4-19)27(31)29-23-11-15-25(16-12-23)33-26-17-13-24(14-18-26)30-28(32)22-9-5-20(2)6-10-22/h3-18H,1-2H3. The average Bonchev–Trinajstić information content (AvgIpc) is 2.82. The van der Waals surface area contributed by atoms with E-state index in [2.05, 4.69) is 0 Å². The molecule has 4 aromatic carbocycles. The van der Waals surface area contributed by atoms with Crippen LogP contribution in [-0.2, 0) is 0 Å². The Labute approximate surface area is 209 Å². The van der Waals surface area contributed by atoms with Crippen molar-refractivity contribution in [2.45, 2.75) is 23.6 Å². The van der Waals surface area contributed by atoms with Crippen molar-refractivity contribution in [3.8, 4) is 11.5 Å². The molecular weight excluding hydrogens is 465 g/mol. The zero-order valence-electron chi connectivity index (χ0n) is 18.3. The molecule has 0 unspecified atom stereocenters. The van der Waals surface area contributed by atoms with Crippen LogP contribution in [0, 0.1) is 13.8 Å². The lowest BCUT2D eigenvalue weighted by molar-refractivity contribution is 0.566. The summed E-state index contributed by atoms with van der Waals surface area (Å²) in [7, 11) is 0. The van der Waals surface area contributed by atoms with Crippen LogP contribution >= 0.6 is 36.2 Å². The monoisotopic (exact) mass is 486 g/mol. The predicted molar refractivity (Wildman–Crippen MR) is 144 cm³/mol. The smallest absolute Gasteiger partial charge is 0.198 e. The van der Waals surface area contributed by atoms with E-state index >= 15 is 0 Å². The molecule has 0 aliphatic rings. The fourth-order valence-electron chi connectivity index (χ4n) is 3.00. The first-order valence-electron chi connectivity index (χ1n) is 10.4. The first kappa shape index (κ1) is 23.2. The highest BCUT2D eigenvalue weighted by Crippen LogP contribution is 2.30. The van der Waals surface area contributed by atoms with E-state index in [1.807, 2.05) is 111 Å². The Morgan fingerprint density at radius 2 is 0.848 bits per heavy atom. The molecule has 0 N–H and O–H groups in total. The van der Waals surface area contributed by atoms with Crippen molar-refractivity contribution in [2.75, 3.05) is 0 Å². The molecule has 2 nitrogen and oxygen atoms in total. The van der Waals surface area contributed by atoms with Gasteiger partial charge >= 0.3 is 0 Å². The number of aryl methyl sites for hydroxylation is 2. The van der Waals surface area contributed by atoms with E-state index in [9.17, 15) is 0 Å². The zero-order chi connectivity index (χ0) is 23.2. The number of hydrogen-bond acceptors (Lipinski definition) is 5. The van der Waals surface area contributed by atoms with Gasteiger partial charge < -0.3 is 9.47 Å². The summed E-state index contributed by atoms with van der Waals surface area (Å²) in [6.45, 7) is 4.09. The fourth-order valence-corrected chi connectivity index (χ4v) is 4.28. The number of rotatable bonds is 6. The summed E-state index contributed by atoms with van der Waals surface area (Å²) < 4.78 is 11.7. The van der Waals surface area contributed by atoms with Gasteiger partial charge in [0.15, 0.2) is 10.1 Å². The predicted octanol–water partition coefficient (Wildman–Crippen LogP) is 7.96. The molecule has 4 aromatic rings. The summed E-state index contributed by atoms with van der Waals surface area (Å²) >= 11 is 12.5. The van der Waals surface area contributed by atoms with E-state index in [-0.39, 0.29) is 0 Å². The first-order chi connectivity index (χ1) is 16.0. The van der Waals surface area contributed by atoms with E-state index in [0.717, 1.165) is 32.4 Å². The van der Waals surface area contributed by atoms with Gasteiger partial charge in [-0.05, 0) is 86.8 Å². The normalized spacial score (nSPS) is 10.5. The number of thiocarbonyl (C=S) groups is 2. The van der Waals surface area contributed by atoms with Crippen LogP contribution in [-0.4, -0.2) is 10.1 Å². The maximum atomic E-state index is 5.83. The lowest BCUT2D eigenvalue weighted by atomic mass is 10.2. The average molecular weight is 487 g/mol. The van der Waals surface area contributed by atoms with Crippen molar-refractivity contribution in [2.24, 2.45) is 0 Å². The zero-order valence-corrected chi connectivity index (χ0v) is 20.7. The Bertz CT molecular complexity index is 1140. The van der Waals surface area contributed by atoms with Crippen molar-refractivity contribution < 1.29 is 9.47 Å². The van der Waals surface area contributed by atoms with E-state index in [0.29, 0.717) is 10.1 Å². The molecule has 0 saturated heterocycles. The minimum atomic E-state index is 0.467. The summed E-state index contributed by atoms with van der Waals surface area (Å²) in [6, 6.07) is 31.8. The van der Waals surface area contributed by atoms with Gasteiger partial charge in [0.05, 0.1) is 0 Å². The molecule has 0 aliphatic carbocycles. The van der Waals surface area contributed by atoms with E-state index < -0.39 is 0 Å². The summed E-state index contributed by atoms with van der Waals surface area (Å²) in [5.74, 6) is 1.44. The lowest BCUT2D eigenvalue weighted by Crippen LogP contribution is -2.06. The topological polar surface area (TPSA) is 18.5 Å². The molecule has 0 spiro atoms. The molecule has 0 bridgehead atoms. The van der Waals surface area contributed by atoms with Gasteiger partial charge in [0, 0.05) is 20.9 Å². The Kier molecular flexibility index (Phi) is 7.55. The molecule has 0 fully saturated rings. The quantitative estimate of drug-likeness (QED) is 0.257. The van der Waals surface area contributed by atoms with Crippen LogP contribution in [0.1, 0.15) is 22.3 Å². The third-order valence-electron chi connectivity index (χ3n) is 4.88. The summed E-state index contributed by atoms with van der Waals surface area (Å²) in [4.78, 5) is 2.21. The van der Waals surface area contributed by atoms with Gasteiger partial charge in [-0.2, -0.15) is 0 Å². The van der Waals surface area contributed by atoms with Crippen molar-refractivity contribution >= 4 is 46.3 Å². The third kappa shape index (κ3) is 6.51. The largest absolute Gasteiger partial charge is 0.445 e. The van der Waals surface area contributed by atoms with E-state index in [1.54, 1.807) is 11.8 Å². The number of ether oxygens (including phenoxy) is 2. The first-order valence-corrected chi connectivity index (χ1v) is 12.1. The van der Waals surface area contributed by atoms with Gasteiger partial charge in [-0.1, -0.05) is 71.4 Å². The van der Waals surface area contributed by atoms with Crippen LogP contribution in [0.25, 0.3) is 0 Å². The highest BCUT2D eigenvalue weighted by Gasteiger charge is 2.07. The Balaban J connectivity index is 1.33. The fraction of sp³-hybridized carbons (Fsp3) is 0.0714. The molecule has 0 heterocycles. The SMILES string of the molecule is Cc1ccc(C(=S)Oc2ccc(Sc3ccc(OC(=S)c4ccc(C)cc4)cc3)cc2)cc1. The van der Waals surface area contributed by atoms with E-state index in [1.165, 1.54) is 11.1 Å². The Morgan fingerprint density at radius 3 is 1.18 bits per heavy atom. The summed E-state index contributed by atoms with van der Waals surface area (Å²) in [5, 5.41) is 0.934. The van der Waals surface area contributed by atoms with Crippen LogP contribution < -0.4 is 9.47 Å². The second-order valence-corrected chi connectivity index (χ2v) is 9.44. The van der Waals surface area contributed by atoms with Gasteiger partial charge in [0.1, 0.15) is 11.5 Å². The maximum Gasteiger partial charge on any atom is 0.198 e. The second-order valence-electron chi connectivity index (χ2n) is 7.56. The minimum Gasteiger partial charge on any atom is -0.445 e. The van der Waals surface area contributed by atoms with Crippen LogP contribution in [0.3, 0.4) is 0 Å². The minimum absolute atomic E-state index is 0.467. The van der Waals surface area contributed by atoms with Gasteiger partial charge in [-0.25, -0.2) is 0 Å². The van der Waals surface area contributed by atoms with Crippen molar-refractivity contribution in [1.29, 1.82) is 0 Å². The summed E-state index contributed by atoms with van der Waals surface area (Å²) in [5.41, 5.74) is 4.18.